The Hall–Kier alpha value is -0.610. The lowest BCUT2D eigenvalue weighted by Crippen LogP contribution is -2.48. The number of likely N-dealkylation sites (N-methyl/N-ethyl adjacent to an activating group) is 1. The van der Waals surface area contributed by atoms with Gasteiger partial charge in [0.1, 0.15) is 0 Å². The standard InChI is InChI=1S/C14H26N2O2/c1-11-13(7-5-8-15-11)14(17)16(2)10-12-6-3-4-9-18-12/h11-13,15H,3-10H2,1-2H3. The summed E-state index contributed by atoms with van der Waals surface area (Å²) in [6.07, 6.45) is 5.86. The SMILES string of the molecule is CC1NCCCC1C(=O)N(C)CC1CCCCO1. The topological polar surface area (TPSA) is 41.6 Å². The van der Waals surface area contributed by atoms with E-state index in [1.54, 1.807) is 0 Å². The molecule has 0 aromatic carbocycles. The van der Waals surface area contributed by atoms with Crippen molar-refractivity contribution in [2.24, 2.45) is 5.92 Å². The zero-order valence-corrected chi connectivity index (χ0v) is 11.7. The van der Waals surface area contributed by atoms with E-state index in [4.69, 9.17) is 4.74 Å². The molecular formula is C14H26N2O2. The molecule has 0 aliphatic carbocycles. The van der Waals surface area contributed by atoms with Crippen molar-refractivity contribution in [1.29, 1.82) is 0 Å². The smallest absolute Gasteiger partial charge is 0.227 e. The average molecular weight is 254 g/mol. The van der Waals surface area contributed by atoms with Crippen molar-refractivity contribution in [3.63, 3.8) is 0 Å². The zero-order chi connectivity index (χ0) is 13.0. The second-order valence-corrected chi connectivity index (χ2v) is 5.70. The highest BCUT2D eigenvalue weighted by Crippen LogP contribution is 2.20. The highest BCUT2D eigenvalue weighted by atomic mass is 16.5. The molecule has 4 nitrogen and oxygen atoms in total. The van der Waals surface area contributed by atoms with Crippen LogP contribution in [0.2, 0.25) is 0 Å². The molecule has 1 amide bonds. The van der Waals surface area contributed by atoms with Gasteiger partial charge in [0.2, 0.25) is 5.91 Å². The summed E-state index contributed by atoms with van der Waals surface area (Å²) in [4.78, 5) is 14.3. The lowest BCUT2D eigenvalue weighted by Gasteiger charge is -2.34. The molecule has 2 fully saturated rings. The molecule has 2 aliphatic rings. The van der Waals surface area contributed by atoms with Gasteiger partial charge in [-0.2, -0.15) is 0 Å². The molecule has 2 aliphatic heterocycles. The Morgan fingerprint density at radius 3 is 2.83 bits per heavy atom. The quantitative estimate of drug-likeness (QED) is 0.828. The normalized spacial score (nSPS) is 33.1. The minimum atomic E-state index is 0.146. The molecule has 0 aromatic heterocycles. The average Bonchev–Trinajstić information content (AvgIpc) is 2.39. The Kier molecular flexibility index (Phi) is 5.01. The van der Waals surface area contributed by atoms with Gasteiger partial charge in [-0.1, -0.05) is 0 Å². The van der Waals surface area contributed by atoms with E-state index >= 15 is 0 Å². The summed E-state index contributed by atoms with van der Waals surface area (Å²) in [7, 11) is 1.92. The van der Waals surface area contributed by atoms with Crippen LogP contribution in [0.25, 0.3) is 0 Å². The summed E-state index contributed by atoms with van der Waals surface area (Å²) in [6, 6.07) is 0.306. The van der Waals surface area contributed by atoms with Crippen molar-refractivity contribution < 1.29 is 9.53 Å². The number of hydrogen-bond acceptors (Lipinski definition) is 3. The van der Waals surface area contributed by atoms with E-state index in [9.17, 15) is 4.79 Å². The van der Waals surface area contributed by atoms with Gasteiger partial charge in [0.05, 0.1) is 12.0 Å². The molecule has 104 valence electrons. The molecule has 4 heteroatoms. The maximum Gasteiger partial charge on any atom is 0.227 e. The third-order valence-electron chi connectivity index (χ3n) is 4.21. The molecule has 1 N–H and O–H groups in total. The van der Waals surface area contributed by atoms with Crippen LogP contribution in [0.3, 0.4) is 0 Å². The van der Waals surface area contributed by atoms with Gasteiger partial charge < -0.3 is 15.0 Å². The fraction of sp³-hybridized carbons (Fsp3) is 0.929. The number of rotatable bonds is 3. The van der Waals surface area contributed by atoms with Crippen molar-refractivity contribution in [3.8, 4) is 0 Å². The van der Waals surface area contributed by atoms with Crippen LogP contribution in [-0.2, 0) is 9.53 Å². The maximum absolute atomic E-state index is 12.4. The highest BCUT2D eigenvalue weighted by Gasteiger charge is 2.30. The lowest BCUT2D eigenvalue weighted by molar-refractivity contribution is -0.138. The molecule has 0 aromatic rings. The van der Waals surface area contributed by atoms with Crippen LogP contribution < -0.4 is 5.32 Å². The molecule has 0 radical (unpaired) electrons. The largest absolute Gasteiger partial charge is 0.376 e. The second kappa shape index (κ2) is 6.53. The van der Waals surface area contributed by atoms with E-state index in [0.29, 0.717) is 6.04 Å². The van der Waals surface area contributed by atoms with E-state index in [-0.39, 0.29) is 17.9 Å². The number of hydrogen-bond donors (Lipinski definition) is 1. The summed E-state index contributed by atoms with van der Waals surface area (Å²) >= 11 is 0. The summed E-state index contributed by atoms with van der Waals surface area (Å²) in [5.74, 6) is 0.427. The summed E-state index contributed by atoms with van der Waals surface area (Å²) in [5.41, 5.74) is 0. The van der Waals surface area contributed by atoms with Gasteiger partial charge in [-0.25, -0.2) is 0 Å². The van der Waals surface area contributed by atoms with E-state index in [0.717, 1.165) is 45.4 Å². The Morgan fingerprint density at radius 2 is 2.17 bits per heavy atom. The maximum atomic E-state index is 12.4. The van der Waals surface area contributed by atoms with Crippen molar-refractivity contribution in [2.45, 2.75) is 51.2 Å². The first-order chi connectivity index (χ1) is 8.68. The van der Waals surface area contributed by atoms with Crippen LogP contribution in [0.4, 0.5) is 0 Å². The molecule has 2 saturated heterocycles. The molecule has 3 atom stereocenters. The van der Waals surface area contributed by atoms with Crippen molar-refractivity contribution >= 4 is 5.91 Å². The number of ether oxygens (including phenoxy) is 1. The first-order valence-corrected chi connectivity index (χ1v) is 7.28. The first kappa shape index (κ1) is 13.8. The zero-order valence-electron chi connectivity index (χ0n) is 11.7. The molecular weight excluding hydrogens is 228 g/mol. The second-order valence-electron chi connectivity index (χ2n) is 5.70. The minimum absolute atomic E-state index is 0.146. The monoisotopic (exact) mass is 254 g/mol. The Bertz CT molecular complexity index is 277. The molecule has 3 unspecified atom stereocenters. The Morgan fingerprint density at radius 1 is 1.33 bits per heavy atom. The number of amides is 1. The van der Waals surface area contributed by atoms with Crippen LogP contribution in [0.1, 0.15) is 39.0 Å². The molecule has 2 heterocycles. The van der Waals surface area contributed by atoms with Gasteiger partial charge in [0.25, 0.3) is 0 Å². The van der Waals surface area contributed by atoms with Crippen LogP contribution in [0.15, 0.2) is 0 Å². The molecule has 0 saturated carbocycles. The molecule has 0 bridgehead atoms. The van der Waals surface area contributed by atoms with Gasteiger partial charge in [0.15, 0.2) is 0 Å². The van der Waals surface area contributed by atoms with Crippen molar-refractivity contribution in [1.82, 2.24) is 10.2 Å². The third-order valence-corrected chi connectivity index (χ3v) is 4.21. The first-order valence-electron chi connectivity index (χ1n) is 7.28. The molecule has 2 rings (SSSR count). The van der Waals surface area contributed by atoms with Gasteiger partial charge in [-0.05, 0) is 45.6 Å². The number of carbonyl (C=O) groups is 1. The van der Waals surface area contributed by atoms with Crippen LogP contribution in [-0.4, -0.2) is 49.7 Å². The van der Waals surface area contributed by atoms with Crippen molar-refractivity contribution in [2.75, 3.05) is 26.7 Å². The predicted molar refractivity (Wildman–Crippen MR) is 71.4 cm³/mol. The van der Waals surface area contributed by atoms with Crippen LogP contribution >= 0.6 is 0 Å². The number of carbonyl (C=O) groups excluding carboxylic acids is 1. The predicted octanol–water partition coefficient (Wildman–Crippen LogP) is 1.40. The fourth-order valence-corrected chi connectivity index (χ4v) is 3.01. The van der Waals surface area contributed by atoms with Crippen molar-refractivity contribution in [3.05, 3.63) is 0 Å². The van der Waals surface area contributed by atoms with E-state index < -0.39 is 0 Å². The molecule has 0 spiro atoms. The number of nitrogens with zero attached hydrogens (tertiary/aromatic N) is 1. The van der Waals surface area contributed by atoms with E-state index in [1.165, 1.54) is 6.42 Å². The van der Waals surface area contributed by atoms with Gasteiger partial charge in [-0.3, -0.25) is 4.79 Å². The third kappa shape index (κ3) is 3.45. The van der Waals surface area contributed by atoms with Crippen LogP contribution in [0.5, 0.6) is 0 Å². The van der Waals surface area contributed by atoms with Gasteiger partial charge >= 0.3 is 0 Å². The van der Waals surface area contributed by atoms with Gasteiger partial charge in [-0.15, -0.1) is 0 Å². The lowest BCUT2D eigenvalue weighted by atomic mass is 9.90. The number of nitrogens with one attached hydrogen (secondary N) is 1. The fourth-order valence-electron chi connectivity index (χ4n) is 3.01. The number of piperidine rings is 1. The minimum Gasteiger partial charge on any atom is -0.376 e. The van der Waals surface area contributed by atoms with Crippen LogP contribution in [0, 0.1) is 5.92 Å². The Labute approximate surface area is 110 Å². The highest BCUT2D eigenvalue weighted by molar-refractivity contribution is 5.79. The molecule has 18 heavy (non-hydrogen) atoms. The summed E-state index contributed by atoms with van der Waals surface area (Å²) in [5, 5.41) is 3.39. The van der Waals surface area contributed by atoms with E-state index in [2.05, 4.69) is 12.2 Å². The Balaban J connectivity index is 1.83. The van der Waals surface area contributed by atoms with Gasteiger partial charge in [0, 0.05) is 26.2 Å². The summed E-state index contributed by atoms with van der Waals surface area (Å²) in [6.45, 7) is 4.77. The summed E-state index contributed by atoms with van der Waals surface area (Å²) < 4.78 is 5.70. The van der Waals surface area contributed by atoms with E-state index in [1.807, 2.05) is 11.9 Å².